The van der Waals surface area contributed by atoms with Crippen LogP contribution >= 0.6 is 0 Å². The molecule has 0 aromatic rings. The molecule has 1 nitrogen and oxygen atoms in total. The van der Waals surface area contributed by atoms with E-state index in [4.69, 9.17) is 0 Å². The largest absolute Gasteiger partial charge is 0.314 e. The molecule has 0 rings (SSSR count). The van der Waals surface area contributed by atoms with Crippen molar-refractivity contribution >= 4 is 0 Å². The summed E-state index contributed by atoms with van der Waals surface area (Å²) in [6.07, 6.45) is 0. The third-order valence-corrected chi connectivity index (χ3v) is 1.92. The van der Waals surface area contributed by atoms with Crippen LogP contribution in [0.1, 0.15) is 27.7 Å². The Bertz CT molecular complexity index is 119. The zero-order chi connectivity index (χ0) is 8.36. The Balaban J connectivity index is 4.09. The summed E-state index contributed by atoms with van der Waals surface area (Å²) < 4.78 is 0. The van der Waals surface area contributed by atoms with Gasteiger partial charge in [0.15, 0.2) is 0 Å². The van der Waals surface area contributed by atoms with Crippen LogP contribution in [0.4, 0.5) is 0 Å². The molecular formula is C9H19N. The minimum atomic E-state index is 0.225. The first-order valence-corrected chi connectivity index (χ1v) is 3.76. The van der Waals surface area contributed by atoms with Crippen LogP contribution in [0.2, 0.25) is 0 Å². The lowest BCUT2D eigenvalue weighted by Gasteiger charge is -2.26. The number of rotatable bonds is 2. The lowest BCUT2D eigenvalue weighted by Crippen LogP contribution is -2.29. The van der Waals surface area contributed by atoms with Crippen molar-refractivity contribution in [1.29, 1.82) is 0 Å². The van der Waals surface area contributed by atoms with Gasteiger partial charge in [-0.1, -0.05) is 32.9 Å². The first kappa shape index (κ1) is 9.70. The van der Waals surface area contributed by atoms with Crippen LogP contribution < -0.4 is 5.32 Å². The molecule has 0 aromatic carbocycles. The molecule has 1 heteroatoms. The fourth-order valence-electron chi connectivity index (χ4n) is 0.824. The van der Waals surface area contributed by atoms with Crippen LogP contribution in [-0.4, -0.2) is 13.1 Å². The number of likely N-dealkylation sites (N-methyl/N-ethyl adjacent to an activating group) is 1. The Hall–Kier alpha value is -0.300. The van der Waals surface area contributed by atoms with E-state index in [0.717, 1.165) is 0 Å². The highest BCUT2D eigenvalue weighted by Crippen LogP contribution is 2.25. The number of nitrogens with one attached hydrogen (secondary N) is 1. The molecule has 0 radical (unpaired) electrons. The lowest BCUT2D eigenvalue weighted by molar-refractivity contribution is 0.452. The first-order chi connectivity index (χ1) is 4.39. The molecule has 0 aliphatic carbocycles. The molecule has 0 aliphatic heterocycles. The zero-order valence-corrected chi connectivity index (χ0v) is 7.78. The molecular weight excluding hydrogens is 122 g/mol. The van der Waals surface area contributed by atoms with Gasteiger partial charge in [0.05, 0.1) is 0 Å². The van der Waals surface area contributed by atoms with Crippen molar-refractivity contribution in [2.75, 3.05) is 7.05 Å². The normalized spacial score (nSPS) is 14.9. The topological polar surface area (TPSA) is 12.0 Å². The summed E-state index contributed by atoms with van der Waals surface area (Å²) in [6, 6.07) is 0.417. The van der Waals surface area contributed by atoms with Crippen molar-refractivity contribution in [2.45, 2.75) is 33.7 Å². The van der Waals surface area contributed by atoms with E-state index >= 15 is 0 Å². The Morgan fingerprint density at radius 3 is 1.90 bits per heavy atom. The second-order valence-corrected chi connectivity index (χ2v) is 3.79. The summed E-state index contributed by atoms with van der Waals surface area (Å²) in [4.78, 5) is 0. The number of hydrogen-bond donors (Lipinski definition) is 1. The predicted octanol–water partition coefficient (Wildman–Crippen LogP) is 2.20. The van der Waals surface area contributed by atoms with E-state index < -0.39 is 0 Å². The van der Waals surface area contributed by atoms with E-state index in [0.29, 0.717) is 6.04 Å². The second-order valence-electron chi connectivity index (χ2n) is 3.79. The maximum Gasteiger partial charge on any atom is 0.0250 e. The molecule has 0 unspecified atom stereocenters. The van der Waals surface area contributed by atoms with Gasteiger partial charge in [-0.2, -0.15) is 0 Å². The smallest absolute Gasteiger partial charge is 0.0250 e. The summed E-state index contributed by atoms with van der Waals surface area (Å²) in [7, 11) is 1.96. The van der Waals surface area contributed by atoms with Gasteiger partial charge in [0, 0.05) is 6.04 Å². The molecule has 0 aliphatic rings. The molecule has 0 spiro atoms. The summed E-state index contributed by atoms with van der Waals surface area (Å²) in [5.41, 5.74) is 1.48. The summed E-state index contributed by atoms with van der Waals surface area (Å²) in [6.45, 7) is 12.7. The maximum absolute atomic E-state index is 4.03. The van der Waals surface area contributed by atoms with E-state index in [2.05, 4.69) is 39.6 Å². The second kappa shape index (κ2) is 3.20. The van der Waals surface area contributed by atoms with Gasteiger partial charge < -0.3 is 5.32 Å². The van der Waals surface area contributed by atoms with Gasteiger partial charge in [-0.05, 0) is 19.4 Å². The number of hydrogen-bond acceptors (Lipinski definition) is 1. The summed E-state index contributed by atoms with van der Waals surface area (Å²) in [5, 5.41) is 3.17. The highest BCUT2D eigenvalue weighted by Gasteiger charge is 2.18. The van der Waals surface area contributed by atoms with Gasteiger partial charge in [-0.15, -0.1) is 0 Å². The predicted molar refractivity (Wildman–Crippen MR) is 47.1 cm³/mol. The van der Waals surface area contributed by atoms with Crippen molar-refractivity contribution in [3.63, 3.8) is 0 Å². The Kier molecular flexibility index (Phi) is 3.10. The van der Waals surface area contributed by atoms with Crippen LogP contribution in [0.25, 0.3) is 0 Å². The molecule has 0 aromatic heterocycles. The molecule has 1 N–H and O–H groups in total. The Labute approximate surface area is 64.5 Å². The van der Waals surface area contributed by atoms with Gasteiger partial charge in [-0.25, -0.2) is 0 Å². The highest BCUT2D eigenvalue weighted by atomic mass is 14.9. The fourth-order valence-corrected chi connectivity index (χ4v) is 0.824. The van der Waals surface area contributed by atoms with Crippen LogP contribution in [0.5, 0.6) is 0 Å². The average molecular weight is 141 g/mol. The van der Waals surface area contributed by atoms with Crippen molar-refractivity contribution in [2.24, 2.45) is 5.41 Å². The highest BCUT2D eigenvalue weighted by molar-refractivity contribution is 5.11. The zero-order valence-electron chi connectivity index (χ0n) is 7.78. The molecule has 0 heterocycles. The van der Waals surface area contributed by atoms with E-state index in [1.807, 2.05) is 7.05 Å². The van der Waals surface area contributed by atoms with Crippen LogP contribution in [0, 0.1) is 5.41 Å². The molecule has 0 saturated heterocycles. The van der Waals surface area contributed by atoms with Crippen molar-refractivity contribution in [3.05, 3.63) is 12.2 Å². The molecule has 1 atom stereocenters. The molecule has 0 saturated carbocycles. The minimum Gasteiger partial charge on any atom is -0.314 e. The van der Waals surface area contributed by atoms with Gasteiger partial charge in [0.25, 0.3) is 0 Å². The van der Waals surface area contributed by atoms with Gasteiger partial charge >= 0.3 is 0 Å². The summed E-state index contributed by atoms with van der Waals surface area (Å²) in [5.74, 6) is 0. The molecule has 0 bridgehead atoms. The van der Waals surface area contributed by atoms with Crippen LogP contribution in [0.3, 0.4) is 0 Å². The Morgan fingerprint density at radius 1 is 1.40 bits per heavy atom. The fraction of sp³-hybridized carbons (Fsp3) is 0.778. The van der Waals surface area contributed by atoms with Crippen LogP contribution in [-0.2, 0) is 0 Å². The first-order valence-electron chi connectivity index (χ1n) is 3.76. The summed E-state index contributed by atoms with van der Waals surface area (Å²) >= 11 is 0. The SMILES string of the molecule is C=C([C@@H](C)NC)C(C)(C)C. The molecule has 60 valence electrons. The molecule has 10 heavy (non-hydrogen) atoms. The van der Waals surface area contributed by atoms with Gasteiger partial charge in [0.1, 0.15) is 0 Å². The van der Waals surface area contributed by atoms with E-state index in [9.17, 15) is 0 Å². The van der Waals surface area contributed by atoms with E-state index in [1.54, 1.807) is 0 Å². The lowest BCUT2D eigenvalue weighted by atomic mass is 9.84. The third kappa shape index (κ3) is 2.53. The van der Waals surface area contributed by atoms with Crippen molar-refractivity contribution in [1.82, 2.24) is 5.32 Å². The van der Waals surface area contributed by atoms with E-state index in [-0.39, 0.29) is 5.41 Å². The third-order valence-electron chi connectivity index (χ3n) is 1.92. The van der Waals surface area contributed by atoms with Gasteiger partial charge in [0.2, 0.25) is 0 Å². The monoisotopic (exact) mass is 141 g/mol. The van der Waals surface area contributed by atoms with Crippen LogP contribution in [0.15, 0.2) is 12.2 Å². The van der Waals surface area contributed by atoms with Crippen molar-refractivity contribution < 1.29 is 0 Å². The average Bonchev–Trinajstić information content (AvgIpc) is 1.83. The quantitative estimate of drug-likeness (QED) is 0.581. The Morgan fingerprint density at radius 2 is 1.80 bits per heavy atom. The molecule has 0 fully saturated rings. The van der Waals surface area contributed by atoms with Crippen molar-refractivity contribution in [3.8, 4) is 0 Å². The van der Waals surface area contributed by atoms with Gasteiger partial charge in [-0.3, -0.25) is 0 Å². The maximum atomic E-state index is 4.03. The molecule has 0 amide bonds. The van der Waals surface area contributed by atoms with E-state index in [1.165, 1.54) is 5.57 Å². The standard InChI is InChI=1S/C9H19N/c1-7(8(2)10-6)9(3,4)5/h8,10H,1H2,2-6H3/t8-/m1/s1. The minimum absolute atomic E-state index is 0.225.